The summed E-state index contributed by atoms with van der Waals surface area (Å²) in [7, 11) is -2.17. The SMILES string of the molecule is COc1ccccc1S(=O)(=O)N1CCN(c2nc(C)cc(Nc3ccc(C)cc3)n2)CC1. The van der Waals surface area contributed by atoms with E-state index in [0.717, 1.165) is 11.4 Å². The van der Waals surface area contributed by atoms with Gasteiger partial charge in [-0.1, -0.05) is 29.8 Å². The number of benzene rings is 2. The van der Waals surface area contributed by atoms with Crippen LogP contribution in [0.4, 0.5) is 17.5 Å². The molecule has 168 valence electrons. The highest BCUT2D eigenvalue weighted by Gasteiger charge is 2.31. The number of nitrogens with zero attached hydrogens (tertiary/aromatic N) is 4. The Morgan fingerprint density at radius 1 is 0.938 bits per heavy atom. The summed E-state index contributed by atoms with van der Waals surface area (Å²) in [5, 5.41) is 3.32. The molecular weight excluding hydrogens is 426 g/mol. The average molecular weight is 454 g/mol. The van der Waals surface area contributed by atoms with Crippen molar-refractivity contribution in [3.63, 3.8) is 0 Å². The van der Waals surface area contributed by atoms with Gasteiger partial charge in [0.25, 0.3) is 0 Å². The minimum absolute atomic E-state index is 0.187. The Hall–Kier alpha value is -3.17. The van der Waals surface area contributed by atoms with Gasteiger partial charge in [0.2, 0.25) is 16.0 Å². The highest BCUT2D eigenvalue weighted by Crippen LogP contribution is 2.27. The van der Waals surface area contributed by atoms with Crippen LogP contribution in [-0.2, 0) is 10.0 Å². The second-order valence-corrected chi connectivity index (χ2v) is 9.63. The Morgan fingerprint density at radius 3 is 2.31 bits per heavy atom. The van der Waals surface area contributed by atoms with Gasteiger partial charge < -0.3 is 15.0 Å². The van der Waals surface area contributed by atoms with E-state index in [2.05, 4.69) is 15.3 Å². The van der Waals surface area contributed by atoms with Crippen LogP contribution in [0.1, 0.15) is 11.3 Å². The topological polar surface area (TPSA) is 87.7 Å². The van der Waals surface area contributed by atoms with Gasteiger partial charge in [-0.2, -0.15) is 9.29 Å². The van der Waals surface area contributed by atoms with Crippen LogP contribution in [0.5, 0.6) is 5.75 Å². The number of sulfonamides is 1. The molecule has 1 saturated heterocycles. The molecule has 2 heterocycles. The maximum atomic E-state index is 13.1. The van der Waals surface area contributed by atoms with Gasteiger partial charge in [0, 0.05) is 43.6 Å². The molecule has 1 fully saturated rings. The van der Waals surface area contributed by atoms with Crippen molar-refractivity contribution in [3.05, 3.63) is 65.9 Å². The monoisotopic (exact) mass is 453 g/mol. The molecule has 9 heteroatoms. The fourth-order valence-corrected chi connectivity index (χ4v) is 5.22. The standard InChI is InChI=1S/C23H27N5O3S/c1-17-8-10-19(11-9-17)25-22-16-18(2)24-23(26-22)27-12-14-28(15-13-27)32(29,30)21-7-5-4-6-20(21)31-3/h4-11,16H,12-15H2,1-3H3,(H,24,25,26). The molecule has 8 nitrogen and oxygen atoms in total. The summed E-state index contributed by atoms with van der Waals surface area (Å²) in [6.45, 7) is 5.67. The molecule has 0 atom stereocenters. The highest BCUT2D eigenvalue weighted by molar-refractivity contribution is 7.89. The van der Waals surface area contributed by atoms with Gasteiger partial charge in [0.15, 0.2) is 0 Å². The summed E-state index contributed by atoms with van der Waals surface area (Å²) in [4.78, 5) is 11.4. The molecule has 32 heavy (non-hydrogen) atoms. The zero-order valence-electron chi connectivity index (χ0n) is 18.4. The smallest absolute Gasteiger partial charge is 0.246 e. The fraction of sp³-hybridized carbons (Fsp3) is 0.304. The molecule has 2 aromatic carbocycles. The first-order valence-corrected chi connectivity index (χ1v) is 11.9. The van der Waals surface area contributed by atoms with Gasteiger partial charge in [-0.3, -0.25) is 0 Å². The number of aromatic nitrogens is 2. The summed E-state index contributed by atoms with van der Waals surface area (Å²) in [6.07, 6.45) is 0. The lowest BCUT2D eigenvalue weighted by atomic mass is 10.2. The Labute approximate surface area is 188 Å². The number of ether oxygens (including phenoxy) is 1. The van der Waals surface area contributed by atoms with Crippen molar-refractivity contribution < 1.29 is 13.2 Å². The molecule has 1 aromatic heterocycles. The van der Waals surface area contributed by atoms with Crippen LogP contribution < -0.4 is 15.0 Å². The van der Waals surface area contributed by atoms with Crippen LogP contribution in [0.3, 0.4) is 0 Å². The van der Waals surface area contributed by atoms with Gasteiger partial charge in [-0.15, -0.1) is 0 Å². The first-order chi connectivity index (χ1) is 15.4. The van der Waals surface area contributed by atoms with E-state index in [9.17, 15) is 8.42 Å². The molecule has 1 N–H and O–H groups in total. The van der Waals surface area contributed by atoms with Crippen LogP contribution in [0.25, 0.3) is 0 Å². The summed E-state index contributed by atoms with van der Waals surface area (Å²) >= 11 is 0. The second kappa shape index (κ2) is 9.13. The zero-order valence-corrected chi connectivity index (χ0v) is 19.3. The van der Waals surface area contributed by atoms with Crippen molar-refractivity contribution in [2.75, 3.05) is 43.5 Å². The molecule has 0 bridgehead atoms. The number of methoxy groups -OCH3 is 1. The number of hydrogen-bond acceptors (Lipinski definition) is 7. The van der Waals surface area contributed by atoms with Crippen molar-refractivity contribution in [1.82, 2.24) is 14.3 Å². The number of rotatable bonds is 6. The van der Waals surface area contributed by atoms with Crippen molar-refractivity contribution in [3.8, 4) is 5.75 Å². The van der Waals surface area contributed by atoms with E-state index < -0.39 is 10.0 Å². The second-order valence-electron chi connectivity index (χ2n) is 7.73. The van der Waals surface area contributed by atoms with E-state index in [0.29, 0.717) is 43.7 Å². The molecule has 1 aliphatic rings. The van der Waals surface area contributed by atoms with Gasteiger partial charge in [-0.05, 0) is 38.1 Å². The minimum Gasteiger partial charge on any atom is -0.495 e. The van der Waals surface area contributed by atoms with Crippen LogP contribution in [0.2, 0.25) is 0 Å². The van der Waals surface area contributed by atoms with E-state index >= 15 is 0 Å². The summed E-state index contributed by atoms with van der Waals surface area (Å²) < 4.78 is 33.0. The molecule has 0 amide bonds. The van der Waals surface area contributed by atoms with Gasteiger partial charge in [0.05, 0.1) is 7.11 Å². The third-order valence-corrected chi connectivity index (χ3v) is 7.31. The number of aryl methyl sites for hydroxylation is 2. The third kappa shape index (κ3) is 4.68. The van der Waals surface area contributed by atoms with Crippen LogP contribution in [-0.4, -0.2) is 56.0 Å². The van der Waals surface area contributed by atoms with E-state index in [-0.39, 0.29) is 4.90 Å². The fourth-order valence-electron chi connectivity index (χ4n) is 3.64. The molecule has 1 aliphatic heterocycles. The lowest BCUT2D eigenvalue weighted by molar-refractivity contribution is 0.372. The summed E-state index contributed by atoms with van der Waals surface area (Å²) in [6, 6.07) is 16.7. The Morgan fingerprint density at radius 2 is 1.62 bits per heavy atom. The van der Waals surface area contributed by atoms with E-state index in [4.69, 9.17) is 4.74 Å². The largest absolute Gasteiger partial charge is 0.495 e. The maximum absolute atomic E-state index is 13.1. The molecule has 0 unspecified atom stereocenters. The molecule has 0 radical (unpaired) electrons. The lowest BCUT2D eigenvalue weighted by Gasteiger charge is -2.34. The van der Waals surface area contributed by atoms with E-state index in [1.807, 2.05) is 49.1 Å². The normalized spacial score (nSPS) is 14.9. The predicted molar refractivity (Wildman–Crippen MR) is 125 cm³/mol. The number of para-hydroxylation sites is 1. The Bertz CT molecular complexity index is 1190. The molecule has 0 aliphatic carbocycles. The van der Waals surface area contributed by atoms with Crippen LogP contribution in [0.15, 0.2) is 59.5 Å². The molecular formula is C23H27N5O3S. The highest BCUT2D eigenvalue weighted by atomic mass is 32.2. The van der Waals surface area contributed by atoms with E-state index in [1.54, 1.807) is 24.3 Å². The third-order valence-electron chi connectivity index (χ3n) is 5.37. The zero-order chi connectivity index (χ0) is 22.7. The van der Waals surface area contributed by atoms with Gasteiger partial charge in [0.1, 0.15) is 16.5 Å². The predicted octanol–water partition coefficient (Wildman–Crippen LogP) is 3.36. The van der Waals surface area contributed by atoms with Crippen molar-refractivity contribution in [1.29, 1.82) is 0 Å². The van der Waals surface area contributed by atoms with E-state index in [1.165, 1.54) is 17.0 Å². The number of nitrogens with one attached hydrogen (secondary N) is 1. The number of hydrogen-bond donors (Lipinski definition) is 1. The van der Waals surface area contributed by atoms with Gasteiger partial charge >= 0.3 is 0 Å². The maximum Gasteiger partial charge on any atom is 0.246 e. The average Bonchev–Trinajstić information content (AvgIpc) is 2.80. The minimum atomic E-state index is -3.64. The van der Waals surface area contributed by atoms with Gasteiger partial charge in [-0.25, -0.2) is 13.4 Å². The molecule has 3 aromatic rings. The first-order valence-electron chi connectivity index (χ1n) is 10.4. The lowest BCUT2D eigenvalue weighted by Crippen LogP contribution is -2.49. The molecule has 0 saturated carbocycles. The Kier molecular flexibility index (Phi) is 6.29. The summed E-state index contributed by atoms with van der Waals surface area (Å²) in [5.74, 6) is 1.65. The van der Waals surface area contributed by atoms with Crippen molar-refractivity contribution in [2.24, 2.45) is 0 Å². The molecule has 0 spiro atoms. The molecule has 4 rings (SSSR count). The Balaban J connectivity index is 1.48. The van der Waals surface area contributed by atoms with Crippen LogP contribution >= 0.6 is 0 Å². The van der Waals surface area contributed by atoms with Crippen molar-refractivity contribution >= 4 is 27.5 Å². The summed E-state index contributed by atoms with van der Waals surface area (Å²) in [5.41, 5.74) is 2.98. The number of piperazine rings is 1. The number of anilines is 3. The van der Waals surface area contributed by atoms with Crippen LogP contribution in [0, 0.1) is 13.8 Å². The van der Waals surface area contributed by atoms with Crippen molar-refractivity contribution in [2.45, 2.75) is 18.7 Å². The first kappa shape index (κ1) is 22.0. The quantitative estimate of drug-likeness (QED) is 0.612.